The molecule has 1 amide bonds. The van der Waals surface area contributed by atoms with Crippen molar-refractivity contribution in [1.82, 2.24) is 20.5 Å². The van der Waals surface area contributed by atoms with Gasteiger partial charge in [0.2, 0.25) is 0 Å². The van der Waals surface area contributed by atoms with Crippen molar-refractivity contribution in [1.29, 1.82) is 0 Å². The Hall–Kier alpha value is -3.32. The molecule has 3 aromatic heterocycles. The molecule has 0 unspecified atom stereocenters. The van der Waals surface area contributed by atoms with Crippen molar-refractivity contribution < 1.29 is 9.59 Å². The lowest BCUT2D eigenvalue weighted by Gasteiger charge is -2.07. The highest BCUT2D eigenvalue weighted by atomic mass is 32.1. The normalized spacial score (nSPS) is 11.2. The quantitative estimate of drug-likeness (QED) is 0.420. The van der Waals surface area contributed by atoms with Crippen LogP contribution in [0.3, 0.4) is 0 Å². The van der Waals surface area contributed by atoms with E-state index in [-0.39, 0.29) is 11.7 Å². The number of thiophene rings is 1. The van der Waals surface area contributed by atoms with Crippen LogP contribution in [0.1, 0.15) is 45.9 Å². The maximum Gasteiger partial charge on any atom is 0.261 e. The van der Waals surface area contributed by atoms with Crippen LogP contribution in [0.15, 0.2) is 54.9 Å². The molecule has 2 N–H and O–H groups in total. The van der Waals surface area contributed by atoms with E-state index in [1.54, 1.807) is 12.4 Å². The minimum atomic E-state index is -0.151. The SMILES string of the molecule is CC(C)CC(=O)c1cccc(CNC(=O)c2cc3ccc(-c4cn[nH]c4)nc3s2)c1. The maximum absolute atomic E-state index is 12.7. The number of carbonyl (C=O) groups excluding carboxylic acids is 2. The fourth-order valence-electron chi connectivity index (χ4n) is 3.19. The summed E-state index contributed by atoms with van der Waals surface area (Å²) in [6.07, 6.45) is 4.02. The van der Waals surface area contributed by atoms with Crippen LogP contribution in [0.4, 0.5) is 0 Å². The number of aromatic nitrogens is 3. The Labute approximate surface area is 178 Å². The number of benzene rings is 1. The van der Waals surface area contributed by atoms with Crippen LogP contribution in [-0.4, -0.2) is 26.9 Å². The Balaban J connectivity index is 1.45. The molecule has 1 aromatic carbocycles. The molecule has 3 heterocycles. The molecule has 152 valence electrons. The monoisotopic (exact) mass is 418 g/mol. The van der Waals surface area contributed by atoms with Gasteiger partial charge in [0.25, 0.3) is 5.91 Å². The lowest BCUT2D eigenvalue weighted by molar-refractivity contribution is 0.0952. The number of carbonyl (C=O) groups is 2. The number of nitrogens with one attached hydrogen (secondary N) is 2. The summed E-state index contributed by atoms with van der Waals surface area (Å²) in [4.78, 5) is 31.0. The average Bonchev–Trinajstić information content (AvgIpc) is 3.41. The first-order valence-corrected chi connectivity index (χ1v) is 10.6. The first-order chi connectivity index (χ1) is 14.5. The van der Waals surface area contributed by atoms with Gasteiger partial charge in [-0.2, -0.15) is 5.10 Å². The van der Waals surface area contributed by atoms with Crippen molar-refractivity contribution in [3.63, 3.8) is 0 Å². The molecule has 0 aliphatic carbocycles. The van der Waals surface area contributed by atoms with Gasteiger partial charge in [-0.05, 0) is 35.7 Å². The van der Waals surface area contributed by atoms with E-state index in [2.05, 4.69) is 20.5 Å². The third-order valence-corrected chi connectivity index (χ3v) is 5.74. The highest BCUT2D eigenvalue weighted by Gasteiger charge is 2.13. The minimum Gasteiger partial charge on any atom is -0.347 e. The molecule has 0 bridgehead atoms. The van der Waals surface area contributed by atoms with E-state index in [1.807, 2.05) is 56.3 Å². The Bertz CT molecular complexity index is 1200. The van der Waals surface area contributed by atoms with E-state index >= 15 is 0 Å². The van der Waals surface area contributed by atoms with Crippen LogP contribution >= 0.6 is 11.3 Å². The Kier molecular flexibility index (Phi) is 5.72. The standard InChI is InChI=1S/C23H22N4O2S/c1-14(2)8-20(28)16-5-3-4-15(9-16)11-24-22(29)21-10-17-6-7-19(27-23(17)30-21)18-12-25-26-13-18/h3-7,9-10,12-14H,8,11H2,1-2H3,(H,24,29)(H,25,26). The molecule has 0 aliphatic heterocycles. The van der Waals surface area contributed by atoms with Gasteiger partial charge in [0.15, 0.2) is 5.78 Å². The van der Waals surface area contributed by atoms with Gasteiger partial charge in [-0.25, -0.2) is 4.98 Å². The van der Waals surface area contributed by atoms with Gasteiger partial charge in [0.1, 0.15) is 4.83 Å². The fourth-order valence-corrected chi connectivity index (χ4v) is 4.14. The molecule has 7 heteroatoms. The number of amides is 1. The zero-order valence-corrected chi connectivity index (χ0v) is 17.6. The van der Waals surface area contributed by atoms with Gasteiger partial charge in [-0.3, -0.25) is 14.7 Å². The Morgan fingerprint density at radius 1 is 1.17 bits per heavy atom. The molecule has 0 atom stereocenters. The highest BCUT2D eigenvalue weighted by Crippen LogP contribution is 2.27. The number of aromatic amines is 1. The van der Waals surface area contributed by atoms with Crippen molar-refractivity contribution in [2.45, 2.75) is 26.8 Å². The number of H-pyrrole nitrogens is 1. The smallest absolute Gasteiger partial charge is 0.261 e. The Morgan fingerprint density at radius 3 is 2.80 bits per heavy atom. The van der Waals surface area contributed by atoms with Crippen LogP contribution in [0.2, 0.25) is 0 Å². The van der Waals surface area contributed by atoms with E-state index in [1.165, 1.54) is 11.3 Å². The number of ketones is 1. The van der Waals surface area contributed by atoms with E-state index in [0.29, 0.717) is 29.3 Å². The fraction of sp³-hybridized carbons (Fsp3) is 0.217. The largest absolute Gasteiger partial charge is 0.347 e. The van der Waals surface area contributed by atoms with Crippen molar-refractivity contribution in [2.75, 3.05) is 0 Å². The predicted octanol–water partition coefficient (Wildman–Crippen LogP) is 4.85. The molecule has 4 aromatic rings. The van der Waals surface area contributed by atoms with Crippen molar-refractivity contribution in [3.8, 4) is 11.3 Å². The third-order valence-electron chi connectivity index (χ3n) is 4.70. The number of fused-ring (bicyclic) bond motifs is 1. The van der Waals surface area contributed by atoms with Crippen molar-refractivity contribution >= 4 is 33.2 Å². The average molecular weight is 419 g/mol. The van der Waals surface area contributed by atoms with Gasteiger partial charge in [-0.15, -0.1) is 11.3 Å². The third kappa shape index (κ3) is 4.46. The lowest BCUT2D eigenvalue weighted by Crippen LogP contribution is -2.21. The van der Waals surface area contributed by atoms with Gasteiger partial charge in [0, 0.05) is 35.7 Å². The van der Waals surface area contributed by atoms with Crippen LogP contribution in [-0.2, 0) is 6.54 Å². The van der Waals surface area contributed by atoms with Crippen molar-refractivity contribution in [2.24, 2.45) is 5.92 Å². The first-order valence-electron chi connectivity index (χ1n) is 9.79. The summed E-state index contributed by atoms with van der Waals surface area (Å²) in [6, 6.07) is 13.2. The summed E-state index contributed by atoms with van der Waals surface area (Å²) in [5.74, 6) is 0.292. The first kappa shape index (κ1) is 20.0. The second-order valence-corrected chi connectivity index (χ2v) is 8.62. The van der Waals surface area contributed by atoms with Gasteiger partial charge in [0.05, 0.1) is 16.8 Å². The minimum absolute atomic E-state index is 0.127. The summed E-state index contributed by atoms with van der Waals surface area (Å²) in [7, 11) is 0. The molecule has 0 radical (unpaired) electrons. The molecular formula is C23H22N4O2S. The maximum atomic E-state index is 12.7. The zero-order chi connectivity index (χ0) is 21.1. The second kappa shape index (κ2) is 8.59. The zero-order valence-electron chi connectivity index (χ0n) is 16.8. The second-order valence-electron chi connectivity index (χ2n) is 7.59. The molecule has 0 saturated carbocycles. The topological polar surface area (TPSA) is 87.7 Å². The van der Waals surface area contributed by atoms with E-state index in [9.17, 15) is 9.59 Å². The summed E-state index contributed by atoms with van der Waals surface area (Å²) in [5.41, 5.74) is 3.31. The summed E-state index contributed by atoms with van der Waals surface area (Å²) in [6.45, 7) is 4.42. The van der Waals surface area contributed by atoms with Gasteiger partial charge < -0.3 is 5.32 Å². The van der Waals surface area contributed by atoms with Crippen LogP contribution in [0, 0.1) is 5.92 Å². The number of Topliss-reactive ketones (excluding diaryl/α,β-unsaturated/α-hetero) is 1. The highest BCUT2D eigenvalue weighted by molar-refractivity contribution is 7.20. The number of rotatable bonds is 7. The van der Waals surface area contributed by atoms with Gasteiger partial charge in [-0.1, -0.05) is 32.0 Å². The Morgan fingerprint density at radius 2 is 2.03 bits per heavy atom. The summed E-state index contributed by atoms with van der Waals surface area (Å²) in [5, 5.41) is 10.6. The predicted molar refractivity (Wildman–Crippen MR) is 119 cm³/mol. The van der Waals surface area contributed by atoms with E-state index in [4.69, 9.17) is 0 Å². The number of hydrogen-bond acceptors (Lipinski definition) is 5. The molecule has 0 saturated heterocycles. The molecule has 6 nitrogen and oxygen atoms in total. The number of pyridine rings is 1. The summed E-state index contributed by atoms with van der Waals surface area (Å²) < 4.78 is 0. The molecular weight excluding hydrogens is 396 g/mol. The van der Waals surface area contributed by atoms with Crippen LogP contribution in [0.5, 0.6) is 0 Å². The molecule has 4 rings (SSSR count). The lowest BCUT2D eigenvalue weighted by atomic mass is 10.00. The van der Waals surface area contributed by atoms with E-state index in [0.717, 1.165) is 27.0 Å². The molecule has 0 fully saturated rings. The number of hydrogen-bond donors (Lipinski definition) is 2. The van der Waals surface area contributed by atoms with Crippen LogP contribution in [0.25, 0.3) is 21.5 Å². The number of nitrogens with zero attached hydrogens (tertiary/aromatic N) is 2. The molecule has 0 spiro atoms. The molecule has 0 aliphatic rings. The van der Waals surface area contributed by atoms with Crippen molar-refractivity contribution in [3.05, 3.63) is 70.9 Å². The van der Waals surface area contributed by atoms with Crippen LogP contribution < -0.4 is 5.32 Å². The van der Waals surface area contributed by atoms with E-state index < -0.39 is 0 Å². The summed E-state index contributed by atoms with van der Waals surface area (Å²) >= 11 is 1.36. The van der Waals surface area contributed by atoms with Gasteiger partial charge >= 0.3 is 0 Å². The molecule has 30 heavy (non-hydrogen) atoms.